The largest absolute Gasteiger partial charge is 0.507 e. The number of esters is 1. The van der Waals surface area contributed by atoms with Gasteiger partial charge in [-0.1, -0.05) is 23.2 Å². The van der Waals surface area contributed by atoms with Gasteiger partial charge in [0.05, 0.1) is 28.5 Å². The molecule has 12 heteroatoms. The number of hydrogen-bond acceptors (Lipinski definition) is 7. The second-order valence-corrected chi connectivity index (χ2v) is 7.08. The Balaban J connectivity index is 0.000000320. The standard InChI is InChI=1S/2C10H10ClNO4/c1-5(13)12-8-4-9(14)6(3-7(8)11)10(15)16-2;1-4-8(12-5(2)13)7(11)3-6(9(4)14)10(15)16/h3-4,14H,1-2H3,(H,12,13);3,14H,1-2H3,(H,12,13)(H,15,16). The van der Waals surface area contributed by atoms with Crippen molar-refractivity contribution in [2.45, 2.75) is 20.8 Å². The maximum atomic E-state index is 11.2. The number of aromatic hydroxyl groups is 2. The Kier molecular flexibility index (Phi) is 9.30. The normalized spacial score (nSPS) is 9.81. The quantitative estimate of drug-likeness (QED) is 0.407. The number of phenols is 2. The number of amides is 2. The van der Waals surface area contributed by atoms with E-state index < -0.39 is 17.7 Å². The summed E-state index contributed by atoms with van der Waals surface area (Å²) in [4.78, 5) is 43.6. The van der Waals surface area contributed by atoms with Crippen LogP contribution in [0.15, 0.2) is 18.2 Å². The number of carboxylic acid groups (broad SMARTS) is 1. The lowest BCUT2D eigenvalue weighted by Gasteiger charge is -2.12. The molecule has 5 N–H and O–H groups in total. The number of rotatable bonds is 4. The Bertz CT molecular complexity index is 1090. The summed E-state index contributed by atoms with van der Waals surface area (Å²) in [6.45, 7) is 4.07. The van der Waals surface area contributed by atoms with Crippen LogP contribution in [0.3, 0.4) is 0 Å². The third-order valence-corrected chi connectivity index (χ3v) is 4.44. The molecule has 0 radical (unpaired) electrons. The van der Waals surface area contributed by atoms with Crippen molar-refractivity contribution < 1.29 is 39.2 Å². The van der Waals surface area contributed by atoms with Crippen molar-refractivity contribution in [2.75, 3.05) is 17.7 Å². The topological polar surface area (TPSA) is 162 Å². The van der Waals surface area contributed by atoms with Gasteiger partial charge in [-0.15, -0.1) is 0 Å². The van der Waals surface area contributed by atoms with E-state index in [4.69, 9.17) is 28.3 Å². The zero-order valence-corrected chi connectivity index (χ0v) is 18.9. The maximum Gasteiger partial charge on any atom is 0.341 e. The minimum Gasteiger partial charge on any atom is -0.507 e. The zero-order valence-electron chi connectivity index (χ0n) is 17.4. The van der Waals surface area contributed by atoms with E-state index in [2.05, 4.69) is 15.4 Å². The van der Waals surface area contributed by atoms with Crippen LogP contribution in [-0.2, 0) is 14.3 Å². The molecule has 2 rings (SSSR count). The summed E-state index contributed by atoms with van der Waals surface area (Å²) in [5.41, 5.74) is 0.328. The molecule has 0 atom stereocenters. The van der Waals surface area contributed by atoms with Crippen molar-refractivity contribution in [3.8, 4) is 11.5 Å². The van der Waals surface area contributed by atoms with Gasteiger partial charge in [0.1, 0.15) is 22.6 Å². The molecule has 0 bridgehead atoms. The number of nitrogens with one attached hydrogen (secondary N) is 2. The number of aromatic carboxylic acids is 1. The minimum atomic E-state index is -1.28. The van der Waals surface area contributed by atoms with Gasteiger partial charge in [0.2, 0.25) is 11.8 Å². The van der Waals surface area contributed by atoms with E-state index in [0.717, 1.165) is 6.07 Å². The number of methoxy groups -OCH3 is 1. The molecule has 172 valence electrons. The number of benzene rings is 2. The summed E-state index contributed by atoms with van der Waals surface area (Å²) in [5.74, 6) is -3.37. The molecular weight excluding hydrogens is 467 g/mol. The molecule has 0 aliphatic rings. The lowest BCUT2D eigenvalue weighted by molar-refractivity contribution is -0.115. The molecule has 0 unspecified atom stereocenters. The lowest BCUT2D eigenvalue weighted by Crippen LogP contribution is -2.09. The SMILES string of the molecule is CC(=O)Nc1c(Cl)cc(C(=O)O)c(O)c1C.COC(=O)c1cc(Cl)c(NC(C)=O)cc1O. The van der Waals surface area contributed by atoms with Gasteiger partial charge >= 0.3 is 11.9 Å². The minimum absolute atomic E-state index is 0.0541. The molecule has 0 saturated heterocycles. The van der Waals surface area contributed by atoms with Gasteiger partial charge in [0.25, 0.3) is 0 Å². The van der Waals surface area contributed by atoms with Crippen LogP contribution in [-0.4, -0.2) is 46.2 Å². The molecule has 0 aromatic heterocycles. The molecule has 0 fully saturated rings. The van der Waals surface area contributed by atoms with Crippen LogP contribution in [0, 0.1) is 6.92 Å². The molecule has 0 spiro atoms. The summed E-state index contributed by atoms with van der Waals surface area (Å²) in [6.07, 6.45) is 0. The van der Waals surface area contributed by atoms with Crippen molar-refractivity contribution >= 4 is 58.3 Å². The van der Waals surface area contributed by atoms with Crippen molar-refractivity contribution in [2.24, 2.45) is 0 Å². The van der Waals surface area contributed by atoms with Gasteiger partial charge in [0.15, 0.2) is 0 Å². The molecule has 2 aromatic rings. The van der Waals surface area contributed by atoms with Crippen molar-refractivity contribution in [3.05, 3.63) is 44.9 Å². The molecule has 0 aliphatic carbocycles. The van der Waals surface area contributed by atoms with Gasteiger partial charge in [-0.25, -0.2) is 9.59 Å². The van der Waals surface area contributed by atoms with E-state index in [1.807, 2.05) is 0 Å². The van der Waals surface area contributed by atoms with E-state index in [0.29, 0.717) is 0 Å². The van der Waals surface area contributed by atoms with Crippen LogP contribution in [0.4, 0.5) is 11.4 Å². The number of halogens is 2. The number of ether oxygens (including phenoxy) is 1. The van der Waals surface area contributed by atoms with Crippen LogP contribution in [0.2, 0.25) is 10.0 Å². The zero-order chi connectivity index (χ0) is 24.7. The van der Waals surface area contributed by atoms with Gasteiger partial charge in [-0.2, -0.15) is 0 Å². The predicted octanol–water partition coefficient (Wildman–Crippen LogP) is 3.80. The van der Waals surface area contributed by atoms with E-state index in [9.17, 15) is 29.4 Å². The van der Waals surface area contributed by atoms with E-state index in [-0.39, 0.29) is 55.7 Å². The van der Waals surface area contributed by atoms with Gasteiger partial charge in [-0.3, -0.25) is 9.59 Å². The summed E-state index contributed by atoms with van der Waals surface area (Å²) in [6, 6.07) is 3.52. The lowest BCUT2D eigenvalue weighted by atomic mass is 10.1. The average Bonchev–Trinajstić information content (AvgIpc) is 2.69. The van der Waals surface area contributed by atoms with Crippen LogP contribution in [0.1, 0.15) is 40.1 Å². The first kappa shape index (κ1) is 26.5. The summed E-state index contributed by atoms with van der Waals surface area (Å²) < 4.78 is 4.45. The number of hydrogen-bond donors (Lipinski definition) is 5. The number of carboxylic acids is 1. The third kappa shape index (κ3) is 6.76. The number of carbonyl (C=O) groups excluding carboxylic acids is 3. The molecular formula is C20H20Cl2N2O8. The highest BCUT2D eigenvalue weighted by Crippen LogP contribution is 2.35. The molecule has 2 amide bonds. The molecule has 2 aromatic carbocycles. The van der Waals surface area contributed by atoms with Crippen molar-refractivity contribution in [1.29, 1.82) is 0 Å². The van der Waals surface area contributed by atoms with E-state index in [1.54, 1.807) is 0 Å². The Labute approximate surface area is 192 Å². The summed E-state index contributed by atoms with van der Waals surface area (Å²) in [5, 5.41) is 33.0. The molecule has 10 nitrogen and oxygen atoms in total. The van der Waals surface area contributed by atoms with E-state index >= 15 is 0 Å². The summed E-state index contributed by atoms with van der Waals surface area (Å²) in [7, 11) is 1.19. The first-order chi connectivity index (χ1) is 14.8. The highest BCUT2D eigenvalue weighted by molar-refractivity contribution is 6.34. The van der Waals surface area contributed by atoms with Gasteiger partial charge < -0.3 is 30.7 Å². The number of phenolic OH excluding ortho intramolecular Hbond substituents is 1. The van der Waals surface area contributed by atoms with Crippen LogP contribution < -0.4 is 10.6 Å². The number of carbonyl (C=O) groups is 4. The monoisotopic (exact) mass is 486 g/mol. The fourth-order valence-electron chi connectivity index (χ4n) is 2.38. The first-order valence-corrected chi connectivity index (χ1v) is 9.47. The Morgan fingerprint density at radius 2 is 1.44 bits per heavy atom. The number of anilines is 2. The fourth-order valence-corrected chi connectivity index (χ4v) is 2.89. The van der Waals surface area contributed by atoms with Crippen molar-refractivity contribution in [3.63, 3.8) is 0 Å². The first-order valence-electron chi connectivity index (χ1n) is 8.71. The predicted molar refractivity (Wildman–Crippen MR) is 118 cm³/mol. The molecule has 0 saturated carbocycles. The fraction of sp³-hybridized carbons (Fsp3) is 0.200. The Morgan fingerprint density at radius 1 is 0.906 bits per heavy atom. The third-order valence-electron chi connectivity index (χ3n) is 3.83. The van der Waals surface area contributed by atoms with E-state index in [1.165, 1.54) is 40.0 Å². The van der Waals surface area contributed by atoms with Gasteiger partial charge in [-0.05, 0) is 19.1 Å². The second kappa shape index (κ2) is 11.2. The van der Waals surface area contributed by atoms with Gasteiger partial charge in [0, 0.05) is 25.5 Å². The highest BCUT2D eigenvalue weighted by Gasteiger charge is 2.18. The second-order valence-electron chi connectivity index (χ2n) is 6.26. The summed E-state index contributed by atoms with van der Waals surface area (Å²) >= 11 is 11.6. The smallest absolute Gasteiger partial charge is 0.341 e. The van der Waals surface area contributed by atoms with Crippen LogP contribution in [0.5, 0.6) is 11.5 Å². The Morgan fingerprint density at radius 3 is 1.91 bits per heavy atom. The average molecular weight is 487 g/mol. The Hall–Kier alpha value is -3.50. The maximum absolute atomic E-state index is 11.2. The van der Waals surface area contributed by atoms with Crippen molar-refractivity contribution in [1.82, 2.24) is 0 Å². The molecule has 32 heavy (non-hydrogen) atoms. The molecule has 0 aliphatic heterocycles. The highest BCUT2D eigenvalue weighted by atomic mass is 35.5. The van der Waals surface area contributed by atoms with Crippen LogP contribution >= 0.6 is 23.2 Å². The molecule has 0 heterocycles. The van der Waals surface area contributed by atoms with Crippen LogP contribution in [0.25, 0.3) is 0 Å².